The number of carbonyl (C=O) groups is 2. The van der Waals surface area contributed by atoms with Gasteiger partial charge in [-0.3, -0.25) is 13.9 Å². The predicted molar refractivity (Wildman–Crippen MR) is 151 cm³/mol. The van der Waals surface area contributed by atoms with Crippen LogP contribution in [0, 0.1) is 12.8 Å². The van der Waals surface area contributed by atoms with Gasteiger partial charge in [-0.2, -0.15) is 0 Å². The van der Waals surface area contributed by atoms with Gasteiger partial charge in [0.2, 0.25) is 21.8 Å². The summed E-state index contributed by atoms with van der Waals surface area (Å²) in [5.41, 5.74) is 3.30. The van der Waals surface area contributed by atoms with Crippen molar-refractivity contribution in [3.8, 4) is 0 Å². The third kappa shape index (κ3) is 8.88. The Morgan fingerprint density at radius 2 is 1.65 bits per heavy atom. The first-order chi connectivity index (χ1) is 17.1. The molecule has 37 heavy (non-hydrogen) atoms. The van der Waals surface area contributed by atoms with Crippen molar-refractivity contribution in [1.29, 1.82) is 0 Å². The molecule has 0 aliphatic carbocycles. The summed E-state index contributed by atoms with van der Waals surface area (Å²) in [7, 11) is -3.76. The Balaban J connectivity index is 2.43. The lowest BCUT2D eigenvalue weighted by Gasteiger charge is -2.33. The predicted octanol–water partition coefficient (Wildman–Crippen LogP) is 4.64. The van der Waals surface area contributed by atoms with Crippen LogP contribution in [0.3, 0.4) is 0 Å². The van der Waals surface area contributed by atoms with Gasteiger partial charge in [0, 0.05) is 13.1 Å². The minimum absolute atomic E-state index is 0.0907. The molecule has 0 spiro atoms. The first-order valence-electron chi connectivity index (χ1n) is 12.8. The number of sulfonamides is 1. The van der Waals surface area contributed by atoms with Crippen molar-refractivity contribution >= 4 is 27.5 Å². The summed E-state index contributed by atoms with van der Waals surface area (Å²) in [4.78, 5) is 28.4. The van der Waals surface area contributed by atoms with Gasteiger partial charge in [0.05, 0.1) is 11.9 Å². The molecule has 1 atom stereocenters. The van der Waals surface area contributed by atoms with Gasteiger partial charge in [-0.15, -0.1) is 0 Å². The summed E-state index contributed by atoms with van der Waals surface area (Å²) in [6.07, 6.45) is 1.50. The third-order valence-corrected chi connectivity index (χ3v) is 7.35. The molecule has 204 valence electrons. The van der Waals surface area contributed by atoms with E-state index in [1.807, 2.05) is 64.1 Å². The number of amides is 2. The van der Waals surface area contributed by atoms with Crippen LogP contribution in [0.25, 0.3) is 0 Å². The number of hydrogen-bond acceptors (Lipinski definition) is 4. The van der Waals surface area contributed by atoms with Crippen molar-refractivity contribution < 1.29 is 18.0 Å². The standard InChI is InChI=1S/C29H43N3O4S/c1-9-26(28(34)30-18-21(2)3)31(19-23-12-10-11-22(4)17-23)27(33)20-32(37(8,35)36)25-15-13-24(14-16-25)29(5,6)7/h10-17,21,26H,9,18-20H2,1-8H3,(H,30,34)/t26-/m1/s1. The molecule has 0 saturated carbocycles. The average molecular weight is 530 g/mol. The lowest BCUT2D eigenvalue weighted by Crippen LogP contribution is -2.52. The van der Waals surface area contributed by atoms with Crippen LogP contribution in [0.1, 0.15) is 64.7 Å². The van der Waals surface area contributed by atoms with E-state index in [1.54, 1.807) is 12.1 Å². The van der Waals surface area contributed by atoms with Crippen molar-refractivity contribution in [2.45, 2.75) is 72.9 Å². The van der Waals surface area contributed by atoms with E-state index in [1.165, 1.54) is 4.90 Å². The minimum Gasteiger partial charge on any atom is -0.354 e. The summed E-state index contributed by atoms with van der Waals surface area (Å²) in [6, 6.07) is 14.3. The molecule has 8 heteroatoms. The number of rotatable bonds is 11. The first kappa shape index (κ1) is 30.4. The molecule has 2 amide bonds. The highest BCUT2D eigenvalue weighted by atomic mass is 32.2. The topological polar surface area (TPSA) is 86.8 Å². The Morgan fingerprint density at radius 3 is 2.14 bits per heavy atom. The van der Waals surface area contributed by atoms with Crippen LogP contribution in [-0.2, 0) is 31.6 Å². The quantitative estimate of drug-likeness (QED) is 0.460. The second-order valence-electron chi connectivity index (χ2n) is 11.1. The normalized spacial score (nSPS) is 12.8. The molecule has 1 N–H and O–H groups in total. The maximum absolute atomic E-state index is 13.8. The molecule has 0 heterocycles. The molecule has 0 radical (unpaired) electrons. The van der Waals surface area contributed by atoms with E-state index in [2.05, 4.69) is 26.1 Å². The molecule has 0 bridgehead atoms. The molecular formula is C29H43N3O4S. The van der Waals surface area contributed by atoms with E-state index in [0.717, 1.165) is 27.3 Å². The maximum atomic E-state index is 13.8. The monoisotopic (exact) mass is 529 g/mol. The molecule has 0 unspecified atom stereocenters. The largest absolute Gasteiger partial charge is 0.354 e. The highest BCUT2D eigenvalue weighted by Crippen LogP contribution is 2.26. The molecule has 7 nitrogen and oxygen atoms in total. The van der Waals surface area contributed by atoms with Crippen molar-refractivity contribution in [1.82, 2.24) is 10.2 Å². The van der Waals surface area contributed by atoms with Crippen molar-refractivity contribution in [2.75, 3.05) is 23.7 Å². The SMILES string of the molecule is CC[C@H](C(=O)NCC(C)C)N(Cc1cccc(C)c1)C(=O)CN(c1ccc(C(C)(C)C)cc1)S(C)(=O)=O. The minimum atomic E-state index is -3.76. The van der Waals surface area contributed by atoms with E-state index in [4.69, 9.17) is 0 Å². The lowest BCUT2D eigenvalue weighted by molar-refractivity contribution is -0.140. The molecule has 0 aromatic heterocycles. The molecule has 0 aliphatic rings. The number of hydrogen-bond donors (Lipinski definition) is 1. The van der Waals surface area contributed by atoms with Gasteiger partial charge in [0.25, 0.3) is 0 Å². The summed E-state index contributed by atoms with van der Waals surface area (Å²) in [5, 5.41) is 2.94. The van der Waals surface area contributed by atoms with Gasteiger partial charge in [-0.05, 0) is 47.9 Å². The zero-order valence-electron chi connectivity index (χ0n) is 23.5. The molecular weight excluding hydrogens is 486 g/mol. The third-order valence-electron chi connectivity index (χ3n) is 6.21. The van der Waals surface area contributed by atoms with Gasteiger partial charge in [-0.25, -0.2) is 8.42 Å². The fourth-order valence-corrected chi connectivity index (χ4v) is 4.94. The first-order valence-corrected chi connectivity index (χ1v) is 14.7. The van der Waals surface area contributed by atoms with Crippen LogP contribution >= 0.6 is 0 Å². The summed E-state index contributed by atoms with van der Waals surface area (Å²) < 4.78 is 26.7. The van der Waals surface area contributed by atoms with Crippen LogP contribution in [0.4, 0.5) is 5.69 Å². The number of nitrogens with zero attached hydrogens (tertiary/aromatic N) is 2. The van der Waals surface area contributed by atoms with Crippen LogP contribution in [-0.4, -0.2) is 50.5 Å². The molecule has 2 rings (SSSR count). The van der Waals surface area contributed by atoms with Gasteiger partial charge in [-0.1, -0.05) is 83.5 Å². The number of anilines is 1. The Morgan fingerprint density at radius 1 is 1.03 bits per heavy atom. The number of nitrogens with one attached hydrogen (secondary N) is 1. The van der Waals surface area contributed by atoms with E-state index in [0.29, 0.717) is 18.7 Å². The van der Waals surface area contributed by atoms with Gasteiger partial charge in [0.1, 0.15) is 12.6 Å². The van der Waals surface area contributed by atoms with Gasteiger partial charge in [0.15, 0.2) is 0 Å². The second kappa shape index (κ2) is 12.6. The van der Waals surface area contributed by atoms with Crippen LogP contribution in [0.5, 0.6) is 0 Å². The van der Waals surface area contributed by atoms with E-state index >= 15 is 0 Å². The maximum Gasteiger partial charge on any atom is 0.244 e. The van der Waals surface area contributed by atoms with Crippen molar-refractivity contribution in [2.24, 2.45) is 5.92 Å². The highest BCUT2D eigenvalue weighted by Gasteiger charge is 2.32. The molecule has 0 fully saturated rings. The Kier molecular flexibility index (Phi) is 10.3. The van der Waals surface area contributed by atoms with E-state index < -0.39 is 28.5 Å². The van der Waals surface area contributed by atoms with E-state index in [9.17, 15) is 18.0 Å². The fourth-order valence-electron chi connectivity index (χ4n) is 4.09. The molecule has 2 aromatic carbocycles. The number of benzene rings is 2. The zero-order valence-corrected chi connectivity index (χ0v) is 24.4. The highest BCUT2D eigenvalue weighted by molar-refractivity contribution is 7.92. The fraction of sp³-hybridized carbons (Fsp3) is 0.517. The molecule has 0 aliphatic heterocycles. The second-order valence-corrected chi connectivity index (χ2v) is 13.0. The van der Waals surface area contributed by atoms with Crippen LogP contribution in [0.2, 0.25) is 0 Å². The molecule has 2 aromatic rings. The Bertz CT molecular complexity index is 1170. The molecule has 0 saturated heterocycles. The van der Waals surface area contributed by atoms with Crippen LogP contribution < -0.4 is 9.62 Å². The Hall–Kier alpha value is -2.87. The van der Waals surface area contributed by atoms with E-state index in [-0.39, 0.29) is 23.8 Å². The number of carbonyl (C=O) groups excluding carboxylic acids is 2. The average Bonchev–Trinajstić information content (AvgIpc) is 2.79. The Labute approximate surface area is 223 Å². The van der Waals surface area contributed by atoms with Crippen molar-refractivity contribution in [3.05, 3.63) is 65.2 Å². The number of aryl methyl sites for hydroxylation is 1. The van der Waals surface area contributed by atoms with Crippen LogP contribution in [0.15, 0.2) is 48.5 Å². The van der Waals surface area contributed by atoms with Gasteiger partial charge >= 0.3 is 0 Å². The summed E-state index contributed by atoms with van der Waals surface area (Å²) in [5.74, 6) is -0.407. The zero-order chi connectivity index (χ0) is 28.0. The summed E-state index contributed by atoms with van der Waals surface area (Å²) >= 11 is 0. The van der Waals surface area contributed by atoms with Crippen molar-refractivity contribution in [3.63, 3.8) is 0 Å². The lowest BCUT2D eigenvalue weighted by atomic mass is 9.87. The smallest absolute Gasteiger partial charge is 0.244 e. The van der Waals surface area contributed by atoms with Gasteiger partial charge < -0.3 is 10.2 Å². The summed E-state index contributed by atoms with van der Waals surface area (Å²) in [6.45, 7) is 14.4.